The van der Waals surface area contributed by atoms with Gasteiger partial charge in [-0.25, -0.2) is 5.43 Å². The summed E-state index contributed by atoms with van der Waals surface area (Å²) in [6.07, 6.45) is -4.54. The molecule has 11 heteroatoms. The van der Waals surface area contributed by atoms with Crippen molar-refractivity contribution in [2.45, 2.75) is 18.8 Å². The molecule has 0 spiro atoms. The molecule has 2 amide bonds. The van der Waals surface area contributed by atoms with Gasteiger partial charge in [0.05, 0.1) is 35.5 Å². The summed E-state index contributed by atoms with van der Waals surface area (Å²) in [5.74, 6) is -0.749. The number of rotatable bonds is 7. The quantitative estimate of drug-likeness (QED) is 0.386. The van der Waals surface area contributed by atoms with Crippen molar-refractivity contribution in [3.05, 3.63) is 106 Å². The van der Waals surface area contributed by atoms with Gasteiger partial charge in [-0.1, -0.05) is 42.5 Å². The van der Waals surface area contributed by atoms with Crippen molar-refractivity contribution in [1.29, 1.82) is 0 Å². The van der Waals surface area contributed by atoms with E-state index in [0.29, 0.717) is 16.9 Å². The number of methoxy groups -OCH3 is 1. The third-order valence-corrected chi connectivity index (χ3v) is 5.88. The zero-order valence-corrected chi connectivity index (χ0v) is 19.7. The fourth-order valence-corrected chi connectivity index (χ4v) is 4.01. The smallest absolute Gasteiger partial charge is 0.416 e. The van der Waals surface area contributed by atoms with Crippen LogP contribution in [-0.4, -0.2) is 18.9 Å². The number of ether oxygens (including phenoxy) is 1. The largest absolute Gasteiger partial charge is 0.496 e. The van der Waals surface area contributed by atoms with Crippen LogP contribution in [0.25, 0.3) is 0 Å². The second-order valence-electron chi connectivity index (χ2n) is 8.23. The number of para-hydroxylation sites is 1. The Kier molecular flexibility index (Phi) is 7.07. The monoisotopic (exact) mass is 511 g/mol. The van der Waals surface area contributed by atoms with Crippen LogP contribution in [0.2, 0.25) is 0 Å². The van der Waals surface area contributed by atoms with Crippen molar-refractivity contribution in [3.8, 4) is 5.75 Å². The van der Waals surface area contributed by atoms with E-state index in [1.807, 2.05) is 0 Å². The first-order chi connectivity index (χ1) is 17.6. The highest BCUT2D eigenvalue weighted by atomic mass is 19.4. The predicted molar refractivity (Wildman–Crippen MR) is 131 cm³/mol. The molecule has 0 aliphatic carbocycles. The molecule has 0 radical (unpaired) electrons. The number of anilines is 1. The van der Waals surface area contributed by atoms with Crippen molar-refractivity contribution < 1.29 is 27.5 Å². The molecule has 1 atom stereocenters. The summed E-state index contributed by atoms with van der Waals surface area (Å²) >= 11 is 0. The molecule has 0 fully saturated rings. The first kappa shape index (κ1) is 25.6. The Bertz CT molecular complexity index is 1360. The second-order valence-corrected chi connectivity index (χ2v) is 8.23. The number of hydrogen-bond acceptors (Lipinski definition) is 6. The number of nitrogens with one attached hydrogen (secondary N) is 2. The van der Waals surface area contributed by atoms with Gasteiger partial charge in [0.1, 0.15) is 11.6 Å². The van der Waals surface area contributed by atoms with Crippen LogP contribution in [0.3, 0.4) is 0 Å². The first-order valence-electron chi connectivity index (χ1n) is 11.1. The number of nitrogens with two attached hydrogens (primary N) is 2. The third kappa shape index (κ3) is 5.36. The van der Waals surface area contributed by atoms with Crippen molar-refractivity contribution in [2.24, 2.45) is 11.5 Å². The van der Waals surface area contributed by atoms with Gasteiger partial charge in [0.15, 0.2) is 0 Å². The van der Waals surface area contributed by atoms with Crippen LogP contribution in [0.4, 0.5) is 18.9 Å². The Labute approximate surface area is 210 Å². The molecule has 192 valence electrons. The molecular weight excluding hydrogens is 487 g/mol. The highest BCUT2D eigenvalue weighted by Gasteiger charge is 2.36. The Hall–Kier alpha value is -4.51. The van der Waals surface area contributed by atoms with Crippen LogP contribution in [0.1, 0.15) is 33.1 Å². The van der Waals surface area contributed by atoms with E-state index in [9.17, 15) is 22.8 Å². The van der Waals surface area contributed by atoms with Crippen LogP contribution >= 0.6 is 0 Å². The van der Waals surface area contributed by atoms with Crippen molar-refractivity contribution >= 4 is 17.5 Å². The molecule has 6 N–H and O–H groups in total. The minimum Gasteiger partial charge on any atom is -0.496 e. The van der Waals surface area contributed by atoms with Gasteiger partial charge in [0.25, 0.3) is 5.91 Å². The standard InChI is InChI=1S/C26H24F3N5O3/c1-37-20-8-3-2-7-19(20)25(36)32-14-15-9-11-16(12-10-15)22-21(24(31)35)23(30)34(33-22)18-6-4-5-17(13-18)26(27,28)29/h2-13,22,33H,14,30H2,1H3,(H2,31,35)(H,32,36). The van der Waals surface area contributed by atoms with E-state index >= 15 is 0 Å². The maximum absolute atomic E-state index is 13.2. The van der Waals surface area contributed by atoms with Gasteiger partial charge >= 0.3 is 6.18 Å². The summed E-state index contributed by atoms with van der Waals surface area (Å²) in [6.45, 7) is 0.228. The Morgan fingerprint density at radius 1 is 1.05 bits per heavy atom. The number of hydrogen-bond donors (Lipinski definition) is 4. The molecule has 3 aromatic rings. The van der Waals surface area contributed by atoms with E-state index in [4.69, 9.17) is 16.2 Å². The SMILES string of the molecule is COc1ccccc1C(=O)NCc1ccc(C2NN(c3cccc(C(F)(F)F)c3)C(N)=C2C(N)=O)cc1. The third-order valence-electron chi connectivity index (χ3n) is 5.88. The van der Waals surface area contributed by atoms with E-state index in [0.717, 1.165) is 17.7 Å². The number of hydrazine groups is 1. The Morgan fingerprint density at radius 3 is 2.41 bits per heavy atom. The topological polar surface area (TPSA) is 123 Å². The van der Waals surface area contributed by atoms with Crippen molar-refractivity contribution in [3.63, 3.8) is 0 Å². The number of carbonyl (C=O) groups excluding carboxylic acids is 2. The zero-order valence-electron chi connectivity index (χ0n) is 19.7. The Morgan fingerprint density at radius 2 is 1.76 bits per heavy atom. The van der Waals surface area contributed by atoms with Crippen LogP contribution < -0.4 is 32.0 Å². The molecule has 37 heavy (non-hydrogen) atoms. The fraction of sp³-hybridized carbons (Fsp3) is 0.154. The molecule has 1 heterocycles. The van der Waals surface area contributed by atoms with E-state index in [1.165, 1.54) is 24.3 Å². The lowest BCUT2D eigenvalue weighted by molar-refractivity contribution is -0.137. The van der Waals surface area contributed by atoms with E-state index in [2.05, 4.69) is 10.7 Å². The highest BCUT2D eigenvalue weighted by molar-refractivity contribution is 5.97. The minimum atomic E-state index is -4.54. The first-order valence-corrected chi connectivity index (χ1v) is 11.1. The molecular formula is C26H24F3N5O3. The van der Waals surface area contributed by atoms with Gasteiger partial charge in [-0.05, 0) is 41.5 Å². The minimum absolute atomic E-state index is 0.0228. The lowest BCUT2D eigenvalue weighted by atomic mass is 9.98. The van der Waals surface area contributed by atoms with Gasteiger partial charge in [0, 0.05) is 6.54 Å². The molecule has 0 bridgehead atoms. The maximum Gasteiger partial charge on any atom is 0.416 e. The van der Waals surface area contributed by atoms with E-state index < -0.39 is 23.7 Å². The molecule has 1 aliphatic heterocycles. The van der Waals surface area contributed by atoms with Gasteiger partial charge in [-0.3, -0.25) is 14.6 Å². The normalized spacial score (nSPS) is 15.6. The van der Waals surface area contributed by atoms with Gasteiger partial charge in [0.2, 0.25) is 5.91 Å². The summed E-state index contributed by atoms with van der Waals surface area (Å²) in [5.41, 5.74) is 15.7. The summed E-state index contributed by atoms with van der Waals surface area (Å²) in [6, 6.07) is 17.5. The van der Waals surface area contributed by atoms with Crippen molar-refractivity contribution in [2.75, 3.05) is 12.1 Å². The maximum atomic E-state index is 13.2. The number of nitrogens with zero attached hydrogens (tertiary/aromatic N) is 1. The molecule has 0 saturated heterocycles. The summed E-state index contributed by atoms with van der Waals surface area (Å²) < 4.78 is 44.8. The van der Waals surface area contributed by atoms with E-state index in [-0.39, 0.29) is 29.5 Å². The number of amides is 2. The van der Waals surface area contributed by atoms with Crippen LogP contribution in [0.5, 0.6) is 5.75 Å². The molecule has 3 aromatic carbocycles. The van der Waals surface area contributed by atoms with Gasteiger partial charge < -0.3 is 21.5 Å². The van der Waals surface area contributed by atoms with Crippen LogP contribution in [-0.2, 0) is 17.5 Å². The molecule has 0 saturated carbocycles. The van der Waals surface area contributed by atoms with E-state index in [1.54, 1.807) is 48.5 Å². The van der Waals surface area contributed by atoms with Gasteiger partial charge in [-0.2, -0.15) is 13.2 Å². The van der Waals surface area contributed by atoms with Crippen LogP contribution in [0.15, 0.2) is 84.2 Å². The average Bonchev–Trinajstić information content (AvgIpc) is 3.24. The molecule has 1 unspecified atom stereocenters. The number of carbonyl (C=O) groups is 2. The number of benzene rings is 3. The van der Waals surface area contributed by atoms with Gasteiger partial charge in [-0.15, -0.1) is 0 Å². The lowest BCUT2D eigenvalue weighted by Gasteiger charge is -2.23. The number of primary amides is 1. The van der Waals surface area contributed by atoms with Crippen molar-refractivity contribution in [1.82, 2.24) is 10.7 Å². The average molecular weight is 512 g/mol. The number of halogens is 3. The molecule has 0 aromatic heterocycles. The second kappa shape index (κ2) is 10.2. The fourth-order valence-electron chi connectivity index (χ4n) is 4.01. The molecule has 1 aliphatic rings. The highest BCUT2D eigenvalue weighted by Crippen LogP contribution is 2.36. The summed E-state index contributed by atoms with van der Waals surface area (Å²) in [4.78, 5) is 24.7. The summed E-state index contributed by atoms with van der Waals surface area (Å²) in [5, 5.41) is 4.03. The van der Waals surface area contributed by atoms with Crippen LogP contribution in [0, 0.1) is 0 Å². The Balaban J connectivity index is 1.51. The predicted octanol–water partition coefficient (Wildman–Crippen LogP) is 3.37. The lowest BCUT2D eigenvalue weighted by Crippen LogP contribution is -2.36. The molecule has 4 rings (SSSR count). The zero-order chi connectivity index (χ0) is 26.7. The number of alkyl halides is 3. The summed E-state index contributed by atoms with van der Waals surface area (Å²) in [7, 11) is 1.48. The molecule has 8 nitrogen and oxygen atoms in total.